The molecule has 0 amide bonds. The Labute approximate surface area is 108 Å². The van der Waals surface area contributed by atoms with Gasteiger partial charge in [-0.25, -0.2) is 4.79 Å². The minimum Gasteiger partial charge on any atom is -0.465 e. The first-order chi connectivity index (χ1) is 8.53. The Morgan fingerprint density at radius 2 is 2.28 bits per heavy atom. The molecule has 1 fully saturated rings. The van der Waals surface area contributed by atoms with Crippen molar-refractivity contribution in [3.63, 3.8) is 0 Å². The average Bonchev–Trinajstić information content (AvgIpc) is 2.69. The molecule has 0 aromatic carbocycles. The number of esters is 1. The van der Waals surface area contributed by atoms with Crippen LogP contribution in [0.4, 0.5) is 0 Å². The summed E-state index contributed by atoms with van der Waals surface area (Å²) in [5, 5.41) is 0. The van der Waals surface area contributed by atoms with Gasteiger partial charge in [0, 0.05) is 18.3 Å². The van der Waals surface area contributed by atoms with E-state index in [4.69, 9.17) is 0 Å². The lowest BCUT2D eigenvalue weighted by molar-refractivity contribution is 0.0600. The maximum absolute atomic E-state index is 11.3. The number of carbonyl (C=O) groups excluding carboxylic acids is 1. The summed E-state index contributed by atoms with van der Waals surface area (Å²) < 4.78 is 4.65. The van der Waals surface area contributed by atoms with E-state index in [2.05, 4.69) is 28.5 Å². The van der Waals surface area contributed by atoms with Gasteiger partial charge in [0.25, 0.3) is 0 Å². The van der Waals surface area contributed by atoms with E-state index in [1.807, 2.05) is 6.07 Å². The van der Waals surface area contributed by atoms with E-state index >= 15 is 0 Å². The first-order valence-corrected chi connectivity index (χ1v) is 6.31. The van der Waals surface area contributed by atoms with E-state index in [1.54, 1.807) is 12.3 Å². The standard InChI is InChI=1S/C14H20N2O2/c1-14(2)7-4-8-16(14)10-12-6-5-11(9-15-12)13(17)18-3/h5-6,9H,4,7-8,10H2,1-3H3. The van der Waals surface area contributed by atoms with Crippen molar-refractivity contribution in [2.45, 2.75) is 38.8 Å². The van der Waals surface area contributed by atoms with Crippen LogP contribution in [0.3, 0.4) is 0 Å². The number of carbonyl (C=O) groups is 1. The number of pyridine rings is 1. The lowest BCUT2D eigenvalue weighted by Crippen LogP contribution is -2.37. The molecule has 1 aromatic heterocycles. The zero-order valence-corrected chi connectivity index (χ0v) is 11.3. The van der Waals surface area contributed by atoms with E-state index in [0.29, 0.717) is 5.56 Å². The predicted octanol–water partition coefficient (Wildman–Crippen LogP) is 2.24. The molecule has 1 aliphatic rings. The Balaban J connectivity index is 2.04. The Bertz CT molecular complexity index is 426. The zero-order valence-electron chi connectivity index (χ0n) is 11.3. The summed E-state index contributed by atoms with van der Waals surface area (Å²) in [6.07, 6.45) is 4.06. The number of likely N-dealkylation sites (tertiary alicyclic amines) is 1. The summed E-state index contributed by atoms with van der Waals surface area (Å²) >= 11 is 0. The number of rotatable bonds is 3. The van der Waals surface area contributed by atoms with Gasteiger partial charge < -0.3 is 4.74 Å². The van der Waals surface area contributed by atoms with E-state index in [-0.39, 0.29) is 11.5 Å². The lowest BCUT2D eigenvalue weighted by atomic mass is 10.0. The smallest absolute Gasteiger partial charge is 0.339 e. The largest absolute Gasteiger partial charge is 0.465 e. The van der Waals surface area contributed by atoms with Crippen molar-refractivity contribution in [2.75, 3.05) is 13.7 Å². The molecule has 0 N–H and O–H groups in total. The highest BCUT2D eigenvalue weighted by molar-refractivity contribution is 5.88. The molecule has 4 heteroatoms. The normalized spacial score (nSPS) is 18.8. The third-order valence-electron chi connectivity index (χ3n) is 3.67. The minimum atomic E-state index is -0.337. The van der Waals surface area contributed by atoms with Crippen LogP contribution in [0.1, 0.15) is 42.7 Å². The van der Waals surface area contributed by atoms with E-state index in [1.165, 1.54) is 20.0 Å². The van der Waals surface area contributed by atoms with Crippen LogP contribution >= 0.6 is 0 Å². The van der Waals surface area contributed by atoms with E-state index in [9.17, 15) is 4.79 Å². The second kappa shape index (κ2) is 5.06. The molecule has 1 aliphatic heterocycles. The van der Waals surface area contributed by atoms with Crippen LogP contribution in [-0.4, -0.2) is 35.0 Å². The summed E-state index contributed by atoms with van der Waals surface area (Å²) in [5.41, 5.74) is 1.75. The van der Waals surface area contributed by atoms with Gasteiger partial charge in [-0.15, -0.1) is 0 Å². The molecule has 0 radical (unpaired) electrons. The van der Waals surface area contributed by atoms with Crippen molar-refractivity contribution in [1.82, 2.24) is 9.88 Å². The molecule has 4 nitrogen and oxygen atoms in total. The number of hydrogen-bond donors (Lipinski definition) is 0. The molecule has 0 bridgehead atoms. The van der Waals surface area contributed by atoms with E-state index < -0.39 is 0 Å². The highest BCUT2D eigenvalue weighted by Crippen LogP contribution is 2.29. The lowest BCUT2D eigenvalue weighted by Gasteiger charge is -2.31. The fourth-order valence-corrected chi connectivity index (χ4v) is 2.41. The quantitative estimate of drug-likeness (QED) is 0.769. The fourth-order valence-electron chi connectivity index (χ4n) is 2.41. The number of hydrogen-bond acceptors (Lipinski definition) is 4. The van der Waals surface area contributed by atoms with Gasteiger partial charge in [0.2, 0.25) is 0 Å². The van der Waals surface area contributed by atoms with E-state index in [0.717, 1.165) is 18.8 Å². The average molecular weight is 248 g/mol. The second-order valence-electron chi connectivity index (χ2n) is 5.37. The van der Waals surface area contributed by atoms with Gasteiger partial charge in [-0.2, -0.15) is 0 Å². The highest BCUT2D eigenvalue weighted by atomic mass is 16.5. The van der Waals surface area contributed by atoms with Crippen LogP contribution in [-0.2, 0) is 11.3 Å². The van der Waals surface area contributed by atoms with Gasteiger partial charge in [-0.05, 0) is 45.4 Å². The summed E-state index contributed by atoms with van der Waals surface area (Å²) in [6, 6.07) is 3.68. The molecular weight excluding hydrogens is 228 g/mol. The Morgan fingerprint density at radius 1 is 1.50 bits per heavy atom. The molecule has 0 spiro atoms. The maximum Gasteiger partial charge on any atom is 0.339 e. The number of aromatic nitrogens is 1. The molecule has 18 heavy (non-hydrogen) atoms. The van der Waals surface area contributed by atoms with Crippen molar-refractivity contribution in [3.05, 3.63) is 29.6 Å². The van der Waals surface area contributed by atoms with Gasteiger partial charge >= 0.3 is 5.97 Å². The topological polar surface area (TPSA) is 42.4 Å². The monoisotopic (exact) mass is 248 g/mol. The molecule has 1 saturated heterocycles. The molecule has 0 atom stereocenters. The van der Waals surface area contributed by atoms with Crippen molar-refractivity contribution < 1.29 is 9.53 Å². The summed E-state index contributed by atoms with van der Waals surface area (Å²) in [7, 11) is 1.38. The third-order valence-corrected chi connectivity index (χ3v) is 3.67. The van der Waals surface area contributed by atoms with Crippen LogP contribution in [0, 0.1) is 0 Å². The fraction of sp³-hybridized carbons (Fsp3) is 0.571. The molecule has 0 aliphatic carbocycles. The molecule has 2 heterocycles. The number of ether oxygens (including phenoxy) is 1. The molecule has 1 aromatic rings. The second-order valence-corrected chi connectivity index (χ2v) is 5.37. The summed E-state index contributed by atoms with van der Waals surface area (Å²) in [5.74, 6) is -0.337. The van der Waals surface area contributed by atoms with Gasteiger partial charge in [0.05, 0.1) is 18.4 Å². The predicted molar refractivity (Wildman–Crippen MR) is 69.3 cm³/mol. The van der Waals surface area contributed by atoms with Gasteiger partial charge in [0.15, 0.2) is 0 Å². The third kappa shape index (κ3) is 2.70. The summed E-state index contributed by atoms with van der Waals surface area (Å²) in [4.78, 5) is 18.1. The SMILES string of the molecule is COC(=O)c1ccc(CN2CCCC2(C)C)nc1. The van der Waals surface area contributed by atoms with Crippen LogP contribution in [0.2, 0.25) is 0 Å². The molecule has 98 valence electrons. The molecule has 2 rings (SSSR count). The van der Waals surface area contributed by atoms with Gasteiger partial charge in [-0.1, -0.05) is 0 Å². The Morgan fingerprint density at radius 3 is 2.78 bits per heavy atom. The Kier molecular flexibility index (Phi) is 3.66. The van der Waals surface area contributed by atoms with Crippen molar-refractivity contribution in [3.8, 4) is 0 Å². The Hall–Kier alpha value is -1.42. The van der Waals surface area contributed by atoms with Crippen LogP contribution in [0.5, 0.6) is 0 Å². The first kappa shape index (κ1) is 13.0. The molecule has 0 unspecified atom stereocenters. The van der Waals surface area contributed by atoms with Crippen molar-refractivity contribution >= 4 is 5.97 Å². The van der Waals surface area contributed by atoms with Crippen LogP contribution in [0.15, 0.2) is 18.3 Å². The number of nitrogens with zero attached hydrogens (tertiary/aromatic N) is 2. The highest BCUT2D eigenvalue weighted by Gasteiger charge is 2.31. The summed E-state index contributed by atoms with van der Waals surface area (Å²) in [6.45, 7) is 6.49. The van der Waals surface area contributed by atoms with Crippen molar-refractivity contribution in [2.24, 2.45) is 0 Å². The molecule has 0 saturated carbocycles. The maximum atomic E-state index is 11.3. The van der Waals surface area contributed by atoms with Crippen molar-refractivity contribution in [1.29, 1.82) is 0 Å². The first-order valence-electron chi connectivity index (χ1n) is 6.31. The van der Waals surface area contributed by atoms with Gasteiger partial charge in [0.1, 0.15) is 0 Å². The zero-order chi connectivity index (χ0) is 13.2. The van der Waals surface area contributed by atoms with Crippen LogP contribution < -0.4 is 0 Å². The molecular formula is C14H20N2O2. The number of methoxy groups -OCH3 is 1. The van der Waals surface area contributed by atoms with Crippen LogP contribution in [0.25, 0.3) is 0 Å². The minimum absolute atomic E-state index is 0.253. The van der Waals surface area contributed by atoms with Gasteiger partial charge in [-0.3, -0.25) is 9.88 Å².